The predicted molar refractivity (Wildman–Crippen MR) is 146 cm³/mol. The van der Waals surface area contributed by atoms with Gasteiger partial charge >= 0.3 is 0 Å². The summed E-state index contributed by atoms with van der Waals surface area (Å²) in [5.74, 6) is -5.25. The van der Waals surface area contributed by atoms with E-state index in [0.717, 1.165) is 6.07 Å². The van der Waals surface area contributed by atoms with Crippen LogP contribution in [0.3, 0.4) is 0 Å². The minimum Gasteiger partial charge on any atom is -0.495 e. The first-order valence-electron chi connectivity index (χ1n) is 14.0. The highest BCUT2D eigenvalue weighted by Gasteiger charge is 2.59. The monoisotopic (exact) mass is 621 g/mol. The number of nitrogens with one attached hydrogen (secondary N) is 1. The van der Waals surface area contributed by atoms with Crippen LogP contribution >= 0.6 is 11.6 Å². The van der Waals surface area contributed by atoms with Gasteiger partial charge in [0.15, 0.2) is 0 Å². The zero-order valence-corrected chi connectivity index (χ0v) is 23.0. The number of pyridine rings is 3. The van der Waals surface area contributed by atoms with Crippen molar-refractivity contribution in [3.05, 3.63) is 76.2 Å². The van der Waals surface area contributed by atoms with Crippen LogP contribution in [0.5, 0.6) is 5.75 Å². The molecule has 1 aliphatic heterocycles. The minimum absolute atomic E-state index is 0.0592. The molecule has 4 aromatic rings. The lowest BCUT2D eigenvalue weighted by atomic mass is 10.1. The van der Waals surface area contributed by atoms with Crippen molar-refractivity contribution in [1.29, 1.82) is 0 Å². The zero-order valence-electron chi connectivity index (χ0n) is 24.4. The smallest absolute Gasteiger partial charge is 0.257 e. The number of ether oxygens (including phenoxy) is 2. The Balaban J connectivity index is 1.24. The second-order valence-corrected chi connectivity index (χ2v) is 12.3. The van der Waals surface area contributed by atoms with Gasteiger partial charge in [0, 0.05) is 34.2 Å². The number of methoxy groups -OCH3 is 1. The van der Waals surface area contributed by atoms with Gasteiger partial charge in [0.2, 0.25) is 15.3 Å². The van der Waals surface area contributed by atoms with Gasteiger partial charge in [-0.3, -0.25) is 9.78 Å². The molecule has 1 unspecified atom stereocenters. The molecule has 0 bridgehead atoms. The average molecular weight is 622 g/mol. The number of alkyl halides is 3. The number of rotatable bonds is 6. The average Bonchev–Trinajstić information content (AvgIpc) is 3.64. The Morgan fingerprint density at radius 2 is 1.98 bits per heavy atom. The maximum atomic E-state index is 14.2. The van der Waals surface area contributed by atoms with E-state index in [2.05, 4.69) is 20.3 Å². The number of carbonyl (C=O) groups excluding carboxylic acids is 1. The van der Waals surface area contributed by atoms with Crippen molar-refractivity contribution in [2.75, 3.05) is 13.6 Å². The van der Waals surface area contributed by atoms with Crippen molar-refractivity contribution in [3.8, 4) is 17.1 Å². The van der Waals surface area contributed by atoms with Crippen molar-refractivity contribution < 1.29 is 40.0 Å². The fourth-order valence-corrected chi connectivity index (χ4v) is 6.32. The number of hydrogen-bond acceptors (Lipinski definition) is 8. The Kier molecular flexibility index (Phi) is 6.17. The summed E-state index contributed by atoms with van der Waals surface area (Å²) in [6.07, 6.45) is 1.03. The molecule has 1 amide bonds. The summed E-state index contributed by atoms with van der Waals surface area (Å²) in [6.45, 7) is -0.983. The summed E-state index contributed by atoms with van der Waals surface area (Å²) < 4.78 is 99.3. The molecule has 1 aliphatic carbocycles. The molecular formula is C28H22ClF3N4O5S. The van der Waals surface area contributed by atoms with Crippen LogP contribution in [0.15, 0.2) is 53.6 Å². The van der Waals surface area contributed by atoms with E-state index in [0.29, 0.717) is 22.3 Å². The maximum Gasteiger partial charge on any atom is 0.257 e. The van der Waals surface area contributed by atoms with Crippen molar-refractivity contribution in [1.82, 2.24) is 20.3 Å². The number of hydrogen-bond donors (Lipinski definition) is 1. The fourth-order valence-electron chi connectivity index (χ4n) is 4.64. The molecule has 6 rings (SSSR count). The number of fused-ring (bicyclic) bond motifs is 2. The first-order chi connectivity index (χ1) is 21.1. The van der Waals surface area contributed by atoms with E-state index in [1.165, 1.54) is 24.4 Å². The van der Waals surface area contributed by atoms with Crippen molar-refractivity contribution >= 4 is 38.2 Å². The lowest BCUT2D eigenvalue weighted by Gasteiger charge is -2.12. The minimum atomic E-state index is -4.43. The molecule has 2 atom stereocenters. The Labute approximate surface area is 247 Å². The molecule has 1 aromatic carbocycles. The summed E-state index contributed by atoms with van der Waals surface area (Å²) in [4.78, 5) is 25.7. The molecule has 1 fully saturated rings. The third-order valence-electron chi connectivity index (χ3n) is 7.03. The van der Waals surface area contributed by atoms with Crippen LogP contribution in [-0.4, -0.2) is 54.3 Å². The molecule has 14 heteroatoms. The van der Waals surface area contributed by atoms with Gasteiger partial charge < -0.3 is 14.8 Å². The number of aromatic nitrogens is 3. The molecule has 0 spiro atoms. The molecule has 0 saturated heterocycles. The molecular weight excluding hydrogens is 597 g/mol. The normalized spacial score (nSPS) is 21.8. The Hall–Kier alpha value is -3.81. The van der Waals surface area contributed by atoms with Gasteiger partial charge in [-0.2, -0.15) is 0 Å². The fraction of sp³-hybridized carbons (Fsp3) is 0.286. The Morgan fingerprint density at radius 1 is 1.21 bits per heavy atom. The number of carbonyl (C=O) groups is 1. The van der Waals surface area contributed by atoms with E-state index in [1.54, 1.807) is 18.2 Å². The zero-order chi connectivity index (χ0) is 32.3. The van der Waals surface area contributed by atoms with Crippen molar-refractivity contribution in [3.63, 3.8) is 0 Å². The molecule has 9 nitrogen and oxygen atoms in total. The Morgan fingerprint density at radius 3 is 2.74 bits per heavy atom. The van der Waals surface area contributed by atoms with E-state index in [4.69, 9.17) is 25.2 Å². The van der Waals surface area contributed by atoms with E-state index in [1.807, 2.05) is 0 Å². The van der Waals surface area contributed by atoms with Crippen molar-refractivity contribution in [2.24, 2.45) is 0 Å². The molecule has 218 valence electrons. The van der Waals surface area contributed by atoms with Crippen LogP contribution in [-0.2, 0) is 27.7 Å². The van der Waals surface area contributed by atoms with Crippen LogP contribution in [0.4, 0.5) is 13.2 Å². The van der Waals surface area contributed by atoms with Gasteiger partial charge in [-0.1, -0.05) is 11.6 Å². The van der Waals surface area contributed by atoms with Crippen molar-refractivity contribution in [2.45, 2.75) is 41.8 Å². The van der Waals surface area contributed by atoms with E-state index in [9.17, 15) is 26.4 Å². The molecule has 0 radical (unpaired) electrons. The van der Waals surface area contributed by atoms with Gasteiger partial charge in [0.05, 0.1) is 70.0 Å². The summed E-state index contributed by atoms with van der Waals surface area (Å²) >= 11 is 6.23. The summed E-state index contributed by atoms with van der Waals surface area (Å²) in [5, 5.41) is 3.18. The van der Waals surface area contributed by atoms with Gasteiger partial charge in [-0.05, 0) is 42.5 Å². The standard InChI is InChI=1S/C28H22ClF3N4O5S/c1-40-23-5-4-21(36-26(23)18-9-28(18,31)32)20-3-2-14-10-33-16(8-22(14)35-20)11-34-27(37)15-6-19(29)17-12-41-13-25(30)42(38,39)24(17)7-15/h2-8,10,18,25H,9,11-13H2,1H3,(H,34,37)/t18?,25-/m1/s1/i1D3. The Bertz CT molecular complexity index is 1970. The molecule has 1 saturated carbocycles. The number of sulfone groups is 1. The molecule has 2 aliphatic rings. The first-order valence-corrected chi connectivity index (χ1v) is 14.4. The second kappa shape index (κ2) is 10.5. The highest BCUT2D eigenvalue weighted by molar-refractivity contribution is 7.92. The number of halogens is 4. The summed E-state index contributed by atoms with van der Waals surface area (Å²) in [5.41, 5.74) is -1.18. The lowest BCUT2D eigenvalue weighted by molar-refractivity contribution is 0.0947. The summed E-state index contributed by atoms with van der Waals surface area (Å²) in [6, 6.07) is 9.90. The first kappa shape index (κ1) is 24.8. The SMILES string of the molecule is [2H]C([2H])([2H])Oc1ccc(-c2ccc3cnc(CNC(=O)c4cc(Cl)c5c(c4)S(=O)(=O)[C@@H](F)COC5)cc3n2)nc1C1CC1(F)F. The van der Waals surface area contributed by atoms with E-state index < -0.39 is 58.0 Å². The number of benzene rings is 1. The molecule has 4 heterocycles. The number of nitrogens with zero attached hydrogens (tertiary/aromatic N) is 3. The highest BCUT2D eigenvalue weighted by atomic mass is 35.5. The third-order valence-corrected chi connectivity index (χ3v) is 9.15. The summed E-state index contributed by atoms with van der Waals surface area (Å²) in [7, 11) is -7.28. The van der Waals surface area contributed by atoms with Crippen LogP contribution < -0.4 is 10.1 Å². The number of amides is 1. The van der Waals surface area contributed by atoms with Gasteiger partial charge in [-0.25, -0.2) is 31.6 Å². The van der Waals surface area contributed by atoms with E-state index >= 15 is 0 Å². The van der Waals surface area contributed by atoms with Crippen LogP contribution in [0.2, 0.25) is 5.02 Å². The van der Waals surface area contributed by atoms with Gasteiger partial charge in [-0.15, -0.1) is 0 Å². The second-order valence-electron chi connectivity index (χ2n) is 9.85. The quantitative estimate of drug-likeness (QED) is 0.319. The van der Waals surface area contributed by atoms with Gasteiger partial charge in [0.25, 0.3) is 11.8 Å². The maximum absolute atomic E-state index is 14.2. The highest BCUT2D eigenvalue weighted by Crippen LogP contribution is 2.57. The topological polar surface area (TPSA) is 120 Å². The van der Waals surface area contributed by atoms with Crippen LogP contribution in [0.25, 0.3) is 22.3 Å². The molecule has 3 aromatic heterocycles. The largest absolute Gasteiger partial charge is 0.495 e. The van der Waals surface area contributed by atoms with Crippen LogP contribution in [0, 0.1) is 0 Å². The third kappa shape index (κ3) is 5.16. The molecule has 1 N–H and O–H groups in total. The van der Waals surface area contributed by atoms with Crippen LogP contribution in [0.1, 0.15) is 43.8 Å². The lowest BCUT2D eigenvalue weighted by Crippen LogP contribution is -2.24. The van der Waals surface area contributed by atoms with E-state index in [-0.39, 0.29) is 46.4 Å². The predicted octanol–water partition coefficient (Wildman–Crippen LogP) is 5.01. The van der Waals surface area contributed by atoms with Gasteiger partial charge in [0.1, 0.15) is 5.75 Å². The molecule has 42 heavy (non-hydrogen) atoms.